The zero-order chi connectivity index (χ0) is 13.9. The second kappa shape index (κ2) is 5.21. The Hall–Kier alpha value is -2.51. The van der Waals surface area contributed by atoms with E-state index in [2.05, 4.69) is 0 Å². The number of rotatable bonds is 5. The van der Waals surface area contributed by atoms with Crippen molar-refractivity contribution in [2.75, 3.05) is 0 Å². The van der Waals surface area contributed by atoms with Crippen molar-refractivity contribution in [3.8, 4) is 0 Å². The van der Waals surface area contributed by atoms with Gasteiger partial charge in [0.05, 0.1) is 21.5 Å². The average molecular weight is 254 g/mol. The van der Waals surface area contributed by atoms with Crippen LogP contribution in [0.1, 0.15) is 29.3 Å². The first-order valence-electron chi connectivity index (χ1n) is 5.07. The normalized spacial score (nSPS) is 10.1. The fourth-order valence-corrected chi connectivity index (χ4v) is 1.61. The molecular formula is C10H10N2O6. The van der Waals surface area contributed by atoms with Gasteiger partial charge in [0.25, 0.3) is 11.4 Å². The summed E-state index contributed by atoms with van der Waals surface area (Å²) in [6.45, 7) is 1.73. The maximum atomic E-state index is 11.0. The van der Waals surface area contributed by atoms with E-state index in [1.807, 2.05) is 0 Å². The van der Waals surface area contributed by atoms with E-state index in [-0.39, 0.29) is 12.0 Å². The number of aromatic carboxylic acids is 1. The molecule has 0 aliphatic rings. The molecule has 0 aromatic heterocycles. The van der Waals surface area contributed by atoms with Crippen LogP contribution >= 0.6 is 0 Å². The summed E-state index contributed by atoms with van der Waals surface area (Å²) in [5.74, 6) is -1.41. The third kappa shape index (κ3) is 2.59. The van der Waals surface area contributed by atoms with Gasteiger partial charge in [0.15, 0.2) is 0 Å². The number of hydrogen-bond donors (Lipinski definition) is 1. The predicted octanol–water partition coefficient (Wildman–Crippen LogP) is 2.15. The molecule has 0 spiro atoms. The second-order valence-corrected chi connectivity index (χ2v) is 3.56. The van der Waals surface area contributed by atoms with Crippen molar-refractivity contribution in [2.45, 2.75) is 19.8 Å². The molecule has 0 aliphatic heterocycles. The van der Waals surface area contributed by atoms with Crippen LogP contribution in [0.3, 0.4) is 0 Å². The van der Waals surface area contributed by atoms with Crippen LogP contribution in [0, 0.1) is 20.2 Å². The standard InChI is InChI=1S/C10H10N2O6/c1-2-3-7-8(10(13)14)4-6(11(15)16)5-9(7)12(17)18/h4-5H,2-3H2,1H3,(H,13,14). The highest BCUT2D eigenvalue weighted by Crippen LogP contribution is 2.29. The van der Waals surface area contributed by atoms with Gasteiger partial charge in [-0.2, -0.15) is 0 Å². The van der Waals surface area contributed by atoms with E-state index < -0.39 is 32.8 Å². The lowest BCUT2D eigenvalue weighted by molar-refractivity contribution is -0.394. The third-order valence-corrected chi connectivity index (χ3v) is 2.35. The first-order valence-corrected chi connectivity index (χ1v) is 5.07. The van der Waals surface area contributed by atoms with Gasteiger partial charge in [-0.15, -0.1) is 0 Å². The maximum absolute atomic E-state index is 11.0. The Labute approximate surface area is 101 Å². The van der Waals surface area contributed by atoms with E-state index in [9.17, 15) is 25.0 Å². The maximum Gasteiger partial charge on any atom is 0.336 e. The fourth-order valence-electron chi connectivity index (χ4n) is 1.61. The number of nitrogens with zero attached hydrogens (tertiary/aromatic N) is 2. The van der Waals surface area contributed by atoms with Gasteiger partial charge in [0.1, 0.15) is 0 Å². The van der Waals surface area contributed by atoms with Gasteiger partial charge in [-0.1, -0.05) is 13.3 Å². The molecule has 0 amide bonds. The molecule has 18 heavy (non-hydrogen) atoms. The van der Waals surface area contributed by atoms with Crippen LogP contribution in [0.5, 0.6) is 0 Å². The van der Waals surface area contributed by atoms with Crippen molar-refractivity contribution in [2.24, 2.45) is 0 Å². The Balaban J connectivity index is 3.59. The van der Waals surface area contributed by atoms with Gasteiger partial charge in [-0.25, -0.2) is 4.79 Å². The molecule has 8 heteroatoms. The number of carboxylic acids is 1. The first-order chi connectivity index (χ1) is 8.38. The van der Waals surface area contributed by atoms with Crippen molar-refractivity contribution in [1.82, 2.24) is 0 Å². The number of hydrogen-bond acceptors (Lipinski definition) is 5. The summed E-state index contributed by atoms with van der Waals surface area (Å²) in [5, 5.41) is 30.4. The van der Waals surface area contributed by atoms with Crippen LogP contribution in [0.2, 0.25) is 0 Å². The van der Waals surface area contributed by atoms with Gasteiger partial charge < -0.3 is 5.11 Å². The lowest BCUT2D eigenvalue weighted by atomic mass is 10.00. The molecule has 8 nitrogen and oxygen atoms in total. The third-order valence-electron chi connectivity index (χ3n) is 2.35. The van der Waals surface area contributed by atoms with E-state index in [0.717, 1.165) is 12.1 Å². The van der Waals surface area contributed by atoms with Gasteiger partial charge >= 0.3 is 5.97 Å². The topological polar surface area (TPSA) is 124 Å². The molecule has 0 unspecified atom stereocenters. The summed E-state index contributed by atoms with van der Waals surface area (Å²) in [4.78, 5) is 30.8. The SMILES string of the molecule is CCCc1c(C(=O)O)cc([N+](=O)[O-])cc1[N+](=O)[O-]. The molecule has 96 valence electrons. The molecule has 1 aromatic carbocycles. The van der Waals surface area contributed by atoms with Crippen molar-refractivity contribution >= 4 is 17.3 Å². The van der Waals surface area contributed by atoms with E-state index in [0.29, 0.717) is 6.42 Å². The fraction of sp³-hybridized carbons (Fsp3) is 0.300. The summed E-state index contributed by atoms with van der Waals surface area (Å²) in [6, 6.07) is 1.64. The summed E-state index contributed by atoms with van der Waals surface area (Å²) < 4.78 is 0. The Morgan fingerprint density at radius 2 is 1.89 bits per heavy atom. The van der Waals surface area contributed by atoms with Crippen molar-refractivity contribution in [3.05, 3.63) is 43.5 Å². The van der Waals surface area contributed by atoms with Crippen LogP contribution in [-0.2, 0) is 6.42 Å². The monoisotopic (exact) mass is 254 g/mol. The quantitative estimate of drug-likeness (QED) is 0.634. The average Bonchev–Trinajstić information content (AvgIpc) is 2.28. The van der Waals surface area contributed by atoms with Gasteiger partial charge in [0, 0.05) is 11.6 Å². The van der Waals surface area contributed by atoms with Gasteiger partial charge in [-0.05, 0) is 6.42 Å². The van der Waals surface area contributed by atoms with E-state index >= 15 is 0 Å². The molecule has 1 aromatic rings. The molecule has 1 N–H and O–H groups in total. The minimum Gasteiger partial charge on any atom is -0.478 e. The second-order valence-electron chi connectivity index (χ2n) is 3.56. The minimum absolute atomic E-state index is 0.0144. The van der Waals surface area contributed by atoms with Gasteiger partial charge in [0.2, 0.25) is 0 Å². The molecule has 0 atom stereocenters. The largest absolute Gasteiger partial charge is 0.478 e. The van der Waals surface area contributed by atoms with Crippen molar-refractivity contribution in [3.63, 3.8) is 0 Å². The smallest absolute Gasteiger partial charge is 0.336 e. The number of nitro benzene ring substituents is 2. The van der Waals surface area contributed by atoms with Crippen molar-refractivity contribution in [1.29, 1.82) is 0 Å². The summed E-state index contributed by atoms with van der Waals surface area (Å²) in [5.41, 5.74) is -1.50. The Kier molecular flexibility index (Phi) is 3.93. The Morgan fingerprint density at radius 1 is 1.28 bits per heavy atom. The van der Waals surface area contributed by atoms with Gasteiger partial charge in [-0.3, -0.25) is 20.2 Å². The summed E-state index contributed by atoms with van der Waals surface area (Å²) in [7, 11) is 0. The predicted molar refractivity (Wildman–Crippen MR) is 60.7 cm³/mol. The number of benzene rings is 1. The Morgan fingerprint density at radius 3 is 2.28 bits per heavy atom. The van der Waals surface area contributed by atoms with Crippen molar-refractivity contribution < 1.29 is 19.7 Å². The summed E-state index contributed by atoms with van der Waals surface area (Å²) >= 11 is 0. The molecule has 1 rings (SSSR count). The lowest BCUT2D eigenvalue weighted by Crippen LogP contribution is -2.07. The molecule has 0 saturated carbocycles. The van der Waals surface area contributed by atoms with E-state index in [1.54, 1.807) is 6.92 Å². The number of carboxylic acid groups (broad SMARTS) is 1. The van der Waals surface area contributed by atoms with Crippen LogP contribution in [-0.4, -0.2) is 20.9 Å². The number of carbonyl (C=O) groups is 1. The minimum atomic E-state index is -1.41. The number of nitro groups is 2. The van der Waals surface area contributed by atoms with Crippen LogP contribution < -0.4 is 0 Å². The summed E-state index contributed by atoms with van der Waals surface area (Å²) in [6.07, 6.45) is 0.675. The molecule has 0 aliphatic carbocycles. The van der Waals surface area contributed by atoms with Crippen LogP contribution in [0.4, 0.5) is 11.4 Å². The van der Waals surface area contributed by atoms with Crippen LogP contribution in [0.15, 0.2) is 12.1 Å². The molecule has 0 radical (unpaired) electrons. The highest BCUT2D eigenvalue weighted by Gasteiger charge is 2.26. The van der Waals surface area contributed by atoms with E-state index in [4.69, 9.17) is 5.11 Å². The number of non-ortho nitro benzene ring substituents is 1. The molecule has 0 heterocycles. The van der Waals surface area contributed by atoms with Crippen LogP contribution in [0.25, 0.3) is 0 Å². The first kappa shape index (κ1) is 13.6. The van der Waals surface area contributed by atoms with E-state index in [1.165, 1.54) is 0 Å². The zero-order valence-corrected chi connectivity index (χ0v) is 9.45. The molecule has 0 saturated heterocycles. The lowest BCUT2D eigenvalue weighted by Gasteiger charge is -2.05. The molecular weight excluding hydrogens is 244 g/mol. The molecule has 0 fully saturated rings. The Bertz CT molecular complexity index is 490. The highest BCUT2D eigenvalue weighted by atomic mass is 16.6. The zero-order valence-electron chi connectivity index (χ0n) is 9.45. The highest BCUT2D eigenvalue weighted by molar-refractivity contribution is 5.91. The molecule has 0 bridgehead atoms.